The van der Waals surface area contributed by atoms with Crippen LogP contribution in [0, 0.1) is 46.8 Å². The Labute approximate surface area is 268 Å². The van der Waals surface area contributed by atoms with E-state index in [1.807, 2.05) is 0 Å². The third kappa shape index (κ3) is 3.88. The van der Waals surface area contributed by atoms with Crippen LogP contribution in [0.15, 0.2) is 35.9 Å². The Kier molecular flexibility index (Phi) is 7.10. The molecule has 14 heteroatoms. The van der Waals surface area contributed by atoms with Gasteiger partial charge in [0.2, 0.25) is 17.6 Å². The first-order valence-electron chi connectivity index (χ1n) is 14.9. The van der Waals surface area contributed by atoms with Crippen molar-refractivity contribution in [1.82, 2.24) is 4.90 Å². The van der Waals surface area contributed by atoms with Crippen molar-refractivity contribution in [3.63, 3.8) is 0 Å². The number of hydrogen-bond donors (Lipinski definition) is 1. The van der Waals surface area contributed by atoms with Crippen molar-refractivity contribution in [2.24, 2.45) is 17.8 Å². The van der Waals surface area contributed by atoms with E-state index in [-0.39, 0.29) is 34.6 Å². The van der Waals surface area contributed by atoms with Crippen LogP contribution in [0.2, 0.25) is 0 Å². The normalized spacial score (nSPS) is 32.9. The molecule has 0 unspecified atom stereocenters. The number of phenols is 1. The fraction of sp³-hybridized carbons (Fsp3) is 0.438. The number of amides is 4. The number of rotatable bonds is 3. The van der Waals surface area contributed by atoms with E-state index >= 15 is 8.78 Å². The summed E-state index contributed by atoms with van der Waals surface area (Å²) in [6, 6.07) is 5.11. The Balaban J connectivity index is 1.41. The summed E-state index contributed by atoms with van der Waals surface area (Å²) in [5.41, 5.74) is -1.36. The van der Waals surface area contributed by atoms with E-state index in [2.05, 4.69) is 0 Å². The van der Waals surface area contributed by atoms with Crippen LogP contribution in [0.4, 0.5) is 27.6 Å². The van der Waals surface area contributed by atoms with Crippen LogP contribution in [-0.4, -0.2) is 49.4 Å². The second kappa shape index (κ2) is 10.5. The molecule has 46 heavy (non-hydrogen) atoms. The van der Waals surface area contributed by atoms with Gasteiger partial charge in [0.05, 0.1) is 11.8 Å². The number of nitrogens with zero attached hydrogens (tertiary/aromatic N) is 2. The van der Waals surface area contributed by atoms with Gasteiger partial charge in [0.15, 0.2) is 33.0 Å². The molecule has 5 aliphatic rings. The van der Waals surface area contributed by atoms with E-state index < -0.39 is 92.3 Å². The Hall–Kier alpha value is -3.51. The number of aromatic hydroxyl groups is 1. The summed E-state index contributed by atoms with van der Waals surface area (Å²) in [6.45, 7) is 0. The van der Waals surface area contributed by atoms with E-state index in [0.717, 1.165) is 19.3 Å². The molecule has 3 aliphatic carbocycles. The zero-order valence-corrected chi connectivity index (χ0v) is 25.4. The molecule has 6 atom stereocenters. The van der Waals surface area contributed by atoms with E-state index in [1.54, 1.807) is 6.08 Å². The topological polar surface area (TPSA) is 95.0 Å². The van der Waals surface area contributed by atoms with E-state index in [9.17, 15) is 37.5 Å². The van der Waals surface area contributed by atoms with Crippen LogP contribution >= 0.6 is 23.2 Å². The molecule has 2 saturated heterocycles. The van der Waals surface area contributed by atoms with Gasteiger partial charge in [-0.3, -0.25) is 24.1 Å². The van der Waals surface area contributed by atoms with Crippen molar-refractivity contribution in [3.8, 4) is 5.75 Å². The van der Waals surface area contributed by atoms with Crippen molar-refractivity contribution >= 4 is 52.5 Å². The van der Waals surface area contributed by atoms with Crippen molar-refractivity contribution in [1.29, 1.82) is 0 Å². The number of carbonyl (C=O) groups is 4. The predicted octanol–water partition coefficient (Wildman–Crippen LogP) is 5.98. The maximum absolute atomic E-state index is 15.1. The quantitative estimate of drug-likeness (QED) is 0.107. The highest BCUT2D eigenvalue weighted by Crippen LogP contribution is 2.66. The third-order valence-corrected chi connectivity index (χ3v) is 11.8. The zero-order valence-electron chi connectivity index (χ0n) is 23.8. The Morgan fingerprint density at radius 3 is 2.07 bits per heavy atom. The van der Waals surface area contributed by atoms with Gasteiger partial charge in [-0.25, -0.2) is 26.9 Å². The van der Waals surface area contributed by atoms with Crippen LogP contribution in [0.1, 0.15) is 56.4 Å². The SMILES string of the molecule is O=C1[C@H]2[C@H](CC=C3[C@H]2C[C@@]2(Cl)C(=O)N(c4c(F)c(F)c(F)c(F)c4F)C(=O)[C@@]2(Cl)[C@H]3c2cccc(O)c2)C(=O)N1C1CCCCC1. The monoisotopic (exact) mass is 682 g/mol. The summed E-state index contributed by atoms with van der Waals surface area (Å²) in [6.07, 6.45) is 5.08. The molecule has 0 aromatic heterocycles. The summed E-state index contributed by atoms with van der Waals surface area (Å²) in [5, 5.41) is 10.4. The number of alkyl halides is 2. The molecule has 2 heterocycles. The second-order valence-corrected chi connectivity index (χ2v) is 13.9. The van der Waals surface area contributed by atoms with E-state index in [4.69, 9.17) is 23.2 Å². The highest BCUT2D eigenvalue weighted by molar-refractivity contribution is 6.58. The number of likely N-dealkylation sites (tertiary alicyclic amines) is 1. The fourth-order valence-corrected chi connectivity index (χ4v) is 9.30. The summed E-state index contributed by atoms with van der Waals surface area (Å²) < 4.78 is 72.8. The van der Waals surface area contributed by atoms with Gasteiger partial charge >= 0.3 is 0 Å². The highest BCUT2D eigenvalue weighted by atomic mass is 35.5. The van der Waals surface area contributed by atoms with Crippen molar-refractivity contribution < 1.29 is 46.2 Å². The summed E-state index contributed by atoms with van der Waals surface area (Å²) in [5.74, 6) is -20.6. The minimum absolute atomic E-state index is 0.0748. The number of imide groups is 2. The minimum atomic E-state index is -2.62. The molecule has 0 spiro atoms. The minimum Gasteiger partial charge on any atom is -0.508 e. The molecule has 242 valence electrons. The number of anilines is 1. The average Bonchev–Trinajstić information content (AvgIpc) is 3.38. The molecule has 4 fully saturated rings. The number of halogens is 7. The molecule has 0 bridgehead atoms. The summed E-state index contributed by atoms with van der Waals surface area (Å²) in [7, 11) is 0. The number of phenolic OH excluding ortho intramolecular Hbond substituents is 1. The molecular weight excluding hydrogens is 658 g/mol. The van der Waals surface area contributed by atoms with Crippen molar-refractivity contribution in [2.75, 3.05) is 4.90 Å². The van der Waals surface area contributed by atoms with Gasteiger partial charge in [-0.05, 0) is 49.3 Å². The van der Waals surface area contributed by atoms with Gasteiger partial charge < -0.3 is 5.11 Å². The van der Waals surface area contributed by atoms with E-state index in [1.165, 1.54) is 29.2 Å². The van der Waals surface area contributed by atoms with Crippen LogP contribution in [0.25, 0.3) is 0 Å². The van der Waals surface area contributed by atoms with Gasteiger partial charge in [0.1, 0.15) is 11.4 Å². The highest BCUT2D eigenvalue weighted by Gasteiger charge is 2.77. The molecule has 7 nitrogen and oxygen atoms in total. The second-order valence-electron chi connectivity index (χ2n) is 12.6. The third-order valence-electron chi connectivity index (χ3n) is 10.4. The molecule has 1 N–H and O–H groups in total. The molecule has 2 aromatic carbocycles. The first-order valence-corrected chi connectivity index (χ1v) is 15.6. The van der Waals surface area contributed by atoms with Gasteiger partial charge in [0.25, 0.3) is 11.8 Å². The molecule has 2 aliphatic heterocycles. The largest absolute Gasteiger partial charge is 0.508 e. The average molecular weight is 683 g/mol. The lowest BCUT2D eigenvalue weighted by Crippen LogP contribution is -2.60. The number of hydrogen-bond acceptors (Lipinski definition) is 5. The lowest BCUT2D eigenvalue weighted by molar-refractivity contribution is -0.143. The lowest BCUT2D eigenvalue weighted by atomic mass is 9.56. The number of carbonyl (C=O) groups excluding carboxylic acids is 4. The van der Waals surface area contributed by atoms with E-state index in [0.29, 0.717) is 18.4 Å². The number of allylic oxidation sites excluding steroid dienone is 2. The van der Waals surface area contributed by atoms with Gasteiger partial charge in [-0.15, -0.1) is 23.2 Å². The van der Waals surface area contributed by atoms with Crippen LogP contribution in [0.3, 0.4) is 0 Å². The fourth-order valence-electron chi connectivity index (χ4n) is 8.37. The number of benzene rings is 2. The predicted molar refractivity (Wildman–Crippen MR) is 153 cm³/mol. The zero-order chi connectivity index (χ0) is 33.0. The molecule has 7 rings (SSSR count). The van der Waals surface area contributed by atoms with Crippen molar-refractivity contribution in [2.45, 2.75) is 66.7 Å². The molecule has 2 saturated carbocycles. The van der Waals surface area contributed by atoms with Crippen LogP contribution < -0.4 is 4.90 Å². The van der Waals surface area contributed by atoms with Gasteiger partial charge in [-0.1, -0.05) is 43.0 Å². The molecule has 2 aromatic rings. The smallest absolute Gasteiger partial charge is 0.258 e. The van der Waals surface area contributed by atoms with Gasteiger partial charge in [-0.2, -0.15) is 0 Å². The molecule has 0 radical (unpaired) electrons. The van der Waals surface area contributed by atoms with Crippen LogP contribution in [-0.2, 0) is 19.2 Å². The lowest BCUT2D eigenvalue weighted by Gasteiger charge is -2.50. The molecule has 4 amide bonds. The van der Waals surface area contributed by atoms with Gasteiger partial charge in [0, 0.05) is 12.0 Å². The first kappa shape index (κ1) is 31.1. The maximum atomic E-state index is 15.1. The Morgan fingerprint density at radius 2 is 1.43 bits per heavy atom. The summed E-state index contributed by atoms with van der Waals surface area (Å²) >= 11 is 14.1. The first-order chi connectivity index (χ1) is 21.8. The Bertz CT molecular complexity index is 1750. The number of fused-ring (bicyclic) bond motifs is 4. The Morgan fingerprint density at radius 1 is 0.804 bits per heavy atom. The maximum Gasteiger partial charge on any atom is 0.258 e. The standard InChI is InChI=1S/C32H25Cl2F5N2O5/c33-31-12-18-16(9-10-17-19(18)28(44)40(27(17)43)14-6-2-1-3-7-14)20(13-5-4-8-15(42)11-13)32(31,34)30(46)41(29(31)45)26-24(38)22(36)21(35)23(37)25(26)39/h4-5,8-9,11,14,17-20,42H,1-3,6-7,10,12H2/t17-,18+,19-,20-,31+,32-/m0/s1. The summed E-state index contributed by atoms with van der Waals surface area (Å²) in [4.78, 5) is 52.0. The van der Waals surface area contributed by atoms with Crippen molar-refractivity contribution in [3.05, 3.63) is 70.6 Å². The van der Waals surface area contributed by atoms with Crippen LogP contribution in [0.5, 0.6) is 5.75 Å². The molecular formula is C32H25Cl2F5N2O5.